The summed E-state index contributed by atoms with van der Waals surface area (Å²) < 4.78 is 5.58. The van der Waals surface area contributed by atoms with E-state index in [0.29, 0.717) is 12.6 Å². The van der Waals surface area contributed by atoms with Gasteiger partial charge in [-0.3, -0.25) is 0 Å². The molecule has 1 saturated carbocycles. The summed E-state index contributed by atoms with van der Waals surface area (Å²) in [6.07, 6.45) is 10.6. The quantitative estimate of drug-likeness (QED) is 0.817. The molecule has 0 aliphatic heterocycles. The lowest BCUT2D eigenvalue weighted by Crippen LogP contribution is -2.36. The first-order valence-electron chi connectivity index (χ1n) is 7.19. The van der Waals surface area contributed by atoms with Crippen LogP contribution < -0.4 is 10.1 Å². The summed E-state index contributed by atoms with van der Waals surface area (Å²) in [6.45, 7) is 3.53. The van der Waals surface area contributed by atoms with Gasteiger partial charge in [-0.05, 0) is 24.8 Å². The third kappa shape index (κ3) is 4.01. The summed E-state index contributed by atoms with van der Waals surface area (Å²) in [5, 5.41) is 3.67. The van der Waals surface area contributed by atoms with E-state index < -0.39 is 0 Å². The summed E-state index contributed by atoms with van der Waals surface area (Å²) >= 11 is 0. The highest BCUT2D eigenvalue weighted by Crippen LogP contribution is 2.25. The first kappa shape index (κ1) is 14.0. The minimum Gasteiger partial charge on any atom is -0.481 e. The number of para-hydroxylation sites is 1. The van der Waals surface area contributed by atoms with Gasteiger partial charge in [-0.25, -0.2) is 0 Å². The standard InChI is InChI=1S/C17H23NO/c1-3-12-19-17-11-7-5-9-15(17)13-18-16-10-6-4-8-14(16)2/h1,5,7,9,11,14,16,18H,4,6,8,10,12-13H2,2H3. The topological polar surface area (TPSA) is 21.3 Å². The summed E-state index contributed by atoms with van der Waals surface area (Å²) in [5.41, 5.74) is 1.19. The summed E-state index contributed by atoms with van der Waals surface area (Å²) in [6, 6.07) is 8.75. The van der Waals surface area contributed by atoms with Crippen molar-refractivity contribution in [2.24, 2.45) is 5.92 Å². The molecule has 0 heterocycles. The van der Waals surface area contributed by atoms with Crippen LogP contribution in [0, 0.1) is 18.3 Å². The lowest BCUT2D eigenvalue weighted by atomic mass is 9.86. The minimum atomic E-state index is 0.330. The smallest absolute Gasteiger partial charge is 0.148 e. The fraction of sp³-hybridized carbons (Fsp3) is 0.529. The molecule has 2 atom stereocenters. The first-order chi connectivity index (χ1) is 9.31. The van der Waals surface area contributed by atoms with Gasteiger partial charge in [0.25, 0.3) is 0 Å². The zero-order valence-electron chi connectivity index (χ0n) is 11.7. The average Bonchev–Trinajstić information content (AvgIpc) is 2.45. The van der Waals surface area contributed by atoms with Crippen molar-refractivity contribution in [3.8, 4) is 18.1 Å². The van der Waals surface area contributed by atoms with Crippen LogP contribution in [0.2, 0.25) is 0 Å². The van der Waals surface area contributed by atoms with Crippen LogP contribution in [0.15, 0.2) is 24.3 Å². The Bertz CT molecular complexity index is 435. The van der Waals surface area contributed by atoms with Gasteiger partial charge in [-0.1, -0.05) is 43.9 Å². The molecule has 1 fully saturated rings. The van der Waals surface area contributed by atoms with Gasteiger partial charge in [0.15, 0.2) is 0 Å². The molecule has 0 bridgehead atoms. The summed E-state index contributed by atoms with van der Waals surface area (Å²) in [7, 11) is 0. The Morgan fingerprint density at radius 1 is 1.32 bits per heavy atom. The SMILES string of the molecule is C#CCOc1ccccc1CNC1CCCCC1C. The van der Waals surface area contributed by atoms with E-state index in [0.717, 1.165) is 18.2 Å². The zero-order valence-corrected chi connectivity index (χ0v) is 11.7. The minimum absolute atomic E-state index is 0.330. The van der Waals surface area contributed by atoms with E-state index in [1.807, 2.05) is 18.2 Å². The molecule has 1 aromatic rings. The maximum Gasteiger partial charge on any atom is 0.148 e. The predicted octanol–water partition coefficient (Wildman–Crippen LogP) is 3.37. The lowest BCUT2D eigenvalue weighted by molar-refractivity contribution is 0.277. The van der Waals surface area contributed by atoms with E-state index in [9.17, 15) is 0 Å². The first-order valence-corrected chi connectivity index (χ1v) is 7.19. The van der Waals surface area contributed by atoms with Crippen LogP contribution >= 0.6 is 0 Å². The van der Waals surface area contributed by atoms with E-state index in [1.54, 1.807) is 0 Å². The number of nitrogens with one attached hydrogen (secondary N) is 1. The molecular formula is C17H23NO. The van der Waals surface area contributed by atoms with Crippen molar-refractivity contribution in [1.82, 2.24) is 5.32 Å². The molecule has 0 saturated heterocycles. The molecule has 0 aromatic heterocycles. The molecular weight excluding hydrogens is 234 g/mol. The number of benzene rings is 1. The van der Waals surface area contributed by atoms with E-state index in [4.69, 9.17) is 11.2 Å². The van der Waals surface area contributed by atoms with Crippen LogP contribution in [0.25, 0.3) is 0 Å². The van der Waals surface area contributed by atoms with Gasteiger partial charge < -0.3 is 10.1 Å². The fourth-order valence-electron chi connectivity index (χ4n) is 2.77. The monoisotopic (exact) mass is 257 g/mol. The third-order valence-corrected chi connectivity index (χ3v) is 3.95. The molecule has 1 aliphatic carbocycles. The predicted molar refractivity (Wildman–Crippen MR) is 79.0 cm³/mol. The van der Waals surface area contributed by atoms with Crippen LogP contribution in [0.4, 0.5) is 0 Å². The number of hydrogen-bond acceptors (Lipinski definition) is 2. The second-order valence-electron chi connectivity index (χ2n) is 5.35. The van der Waals surface area contributed by atoms with Crippen molar-refractivity contribution in [3.63, 3.8) is 0 Å². The van der Waals surface area contributed by atoms with Crippen LogP contribution in [-0.4, -0.2) is 12.6 Å². The third-order valence-electron chi connectivity index (χ3n) is 3.95. The number of rotatable bonds is 5. The van der Waals surface area contributed by atoms with Crippen molar-refractivity contribution in [1.29, 1.82) is 0 Å². The Labute approximate surface area is 116 Å². The zero-order chi connectivity index (χ0) is 13.5. The van der Waals surface area contributed by atoms with Gasteiger partial charge in [0.1, 0.15) is 12.4 Å². The normalized spacial score (nSPS) is 22.7. The molecule has 0 amide bonds. The van der Waals surface area contributed by atoms with Crippen LogP contribution in [-0.2, 0) is 6.54 Å². The number of hydrogen-bond donors (Lipinski definition) is 1. The van der Waals surface area contributed by atoms with Crippen molar-refractivity contribution >= 4 is 0 Å². The van der Waals surface area contributed by atoms with Crippen molar-refractivity contribution in [2.75, 3.05) is 6.61 Å². The van der Waals surface area contributed by atoms with E-state index in [-0.39, 0.29) is 0 Å². The highest BCUT2D eigenvalue weighted by molar-refractivity contribution is 5.33. The Balaban J connectivity index is 1.93. The molecule has 0 radical (unpaired) electrons. The van der Waals surface area contributed by atoms with Crippen molar-refractivity contribution in [2.45, 2.75) is 45.2 Å². The second kappa shape index (κ2) is 7.21. The Morgan fingerprint density at radius 2 is 2.11 bits per heavy atom. The Hall–Kier alpha value is -1.46. The lowest BCUT2D eigenvalue weighted by Gasteiger charge is -2.29. The second-order valence-corrected chi connectivity index (χ2v) is 5.35. The molecule has 102 valence electrons. The van der Waals surface area contributed by atoms with E-state index in [1.165, 1.54) is 31.2 Å². The van der Waals surface area contributed by atoms with Gasteiger partial charge in [0, 0.05) is 18.2 Å². The summed E-state index contributed by atoms with van der Waals surface area (Å²) in [5.74, 6) is 4.18. The van der Waals surface area contributed by atoms with Crippen LogP contribution in [0.3, 0.4) is 0 Å². The largest absolute Gasteiger partial charge is 0.481 e. The molecule has 2 rings (SSSR count). The highest BCUT2D eigenvalue weighted by Gasteiger charge is 2.20. The van der Waals surface area contributed by atoms with Gasteiger partial charge in [0.05, 0.1) is 0 Å². The maximum atomic E-state index is 5.58. The molecule has 1 aliphatic rings. The average molecular weight is 257 g/mol. The Kier molecular flexibility index (Phi) is 5.30. The van der Waals surface area contributed by atoms with Crippen molar-refractivity contribution in [3.05, 3.63) is 29.8 Å². The van der Waals surface area contributed by atoms with Crippen LogP contribution in [0.5, 0.6) is 5.75 Å². The maximum absolute atomic E-state index is 5.58. The van der Waals surface area contributed by atoms with E-state index in [2.05, 4.69) is 24.2 Å². The van der Waals surface area contributed by atoms with Gasteiger partial charge in [-0.2, -0.15) is 0 Å². The van der Waals surface area contributed by atoms with Gasteiger partial charge in [-0.15, -0.1) is 6.42 Å². The van der Waals surface area contributed by atoms with E-state index >= 15 is 0 Å². The van der Waals surface area contributed by atoms with Gasteiger partial charge in [0.2, 0.25) is 0 Å². The Morgan fingerprint density at radius 3 is 2.89 bits per heavy atom. The molecule has 2 nitrogen and oxygen atoms in total. The van der Waals surface area contributed by atoms with Crippen molar-refractivity contribution < 1.29 is 4.74 Å². The molecule has 2 unspecified atom stereocenters. The van der Waals surface area contributed by atoms with Crippen LogP contribution in [0.1, 0.15) is 38.2 Å². The van der Waals surface area contributed by atoms with Gasteiger partial charge >= 0.3 is 0 Å². The molecule has 1 aromatic carbocycles. The fourth-order valence-corrected chi connectivity index (χ4v) is 2.77. The molecule has 2 heteroatoms. The number of ether oxygens (including phenoxy) is 1. The highest BCUT2D eigenvalue weighted by atomic mass is 16.5. The summed E-state index contributed by atoms with van der Waals surface area (Å²) in [4.78, 5) is 0. The number of terminal acetylenes is 1. The molecule has 0 spiro atoms. The molecule has 19 heavy (non-hydrogen) atoms. The molecule has 1 N–H and O–H groups in total.